The van der Waals surface area contributed by atoms with Gasteiger partial charge in [0, 0.05) is 13.1 Å². The van der Waals surface area contributed by atoms with Gasteiger partial charge in [0.05, 0.1) is 0 Å². The van der Waals surface area contributed by atoms with E-state index in [9.17, 15) is 31.9 Å². The SMILES string of the molecule is C=C(CCN1C(=O)CC(=O)N(CCC2(c3ccc(F)c(F)c3)CC2)C1=O)c1ccc(F)c(F)c1.CC.CCC. The lowest BCUT2D eigenvalue weighted by Gasteiger charge is -2.33. The molecule has 0 unspecified atom stereocenters. The summed E-state index contributed by atoms with van der Waals surface area (Å²) in [7, 11) is 0. The lowest BCUT2D eigenvalue weighted by Crippen LogP contribution is -2.55. The fraction of sp³-hybridized carbons (Fsp3) is 0.433. The number of hydrogen-bond donors (Lipinski definition) is 0. The molecule has 5 nitrogen and oxygen atoms in total. The monoisotopic (exact) mass is 548 g/mol. The molecule has 1 saturated carbocycles. The Bertz CT molecular complexity index is 1210. The summed E-state index contributed by atoms with van der Waals surface area (Å²) < 4.78 is 53.6. The molecule has 2 aromatic carbocycles. The van der Waals surface area contributed by atoms with Crippen molar-refractivity contribution in [2.45, 2.75) is 71.6 Å². The van der Waals surface area contributed by atoms with Crippen LogP contribution in [0.15, 0.2) is 43.0 Å². The Morgan fingerprint density at radius 1 is 0.821 bits per heavy atom. The first-order chi connectivity index (χ1) is 18.5. The van der Waals surface area contributed by atoms with Gasteiger partial charge in [0.2, 0.25) is 11.8 Å². The summed E-state index contributed by atoms with van der Waals surface area (Å²) in [6.07, 6.45) is 2.68. The zero-order valence-electron chi connectivity index (χ0n) is 23.0. The molecule has 0 radical (unpaired) electrons. The number of benzene rings is 2. The predicted octanol–water partition coefficient (Wildman–Crippen LogP) is 7.39. The molecule has 1 aliphatic carbocycles. The van der Waals surface area contributed by atoms with Gasteiger partial charge < -0.3 is 0 Å². The Balaban J connectivity index is 0.000000998. The predicted molar refractivity (Wildman–Crippen MR) is 143 cm³/mol. The minimum atomic E-state index is -1.03. The maximum absolute atomic E-state index is 13.7. The summed E-state index contributed by atoms with van der Waals surface area (Å²) in [5.41, 5.74) is 0.908. The van der Waals surface area contributed by atoms with Crippen LogP contribution in [-0.4, -0.2) is 40.7 Å². The third-order valence-electron chi connectivity index (χ3n) is 6.53. The molecule has 4 amide bonds. The lowest BCUT2D eigenvalue weighted by atomic mass is 9.92. The molecule has 212 valence electrons. The van der Waals surface area contributed by atoms with Crippen LogP contribution in [0.1, 0.15) is 77.3 Å². The molecule has 0 bridgehead atoms. The van der Waals surface area contributed by atoms with E-state index in [2.05, 4.69) is 20.4 Å². The molecule has 2 aliphatic rings. The van der Waals surface area contributed by atoms with Crippen LogP contribution in [0.4, 0.5) is 22.4 Å². The van der Waals surface area contributed by atoms with Crippen LogP contribution in [0.5, 0.6) is 0 Å². The summed E-state index contributed by atoms with van der Waals surface area (Å²) in [6, 6.07) is 6.24. The van der Waals surface area contributed by atoms with Crippen LogP contribution in [0.2, 0.25) is 0 Å². The van der Waals surface area contributed by atoms with Gasteiger partial charge in [0.15, 0.2) is 23.3 Å². The molecule has 1 heterocycles. The molecule has 4 rings (SSSR count). The van der Waals surface area contributed by atoms with Gasteiger partial charge in [-0.25, -0.2) is 22.4 Å². The first-order valence-corrected chi connectivity index (χ1v) is 13.3. The van der Waals surface area contributed by atoms with Crippen molar-refractivity contribution in [2.75, 3.05) is 13.1 Å². The summed E-state index contributed by atoms with van der Waals surface area (Å²) in [4.78, 5) is 39.6. The third kappa shape index (κ3) is 7.77. The summed E-state index contributed by atoms with van der Waals surface area (Å²) in [6.45, 7) is 12.0. The van der Waals surface area contributed by atoms with Crippen molar-refractivity contribution in [2.24, 2.45) is 0 Å². The number of carbonyl (C=O) groups is 3. The topological polar surface area (TPSA) is 57.7 Å². The van der Waals surface area contributed by atoms with Crippen molar-refractivity contribution in [3.63, 3.8) is 0 Å². The van der Waals surface area contributed by atoms with E-state index in [4.69, 9.17) is 0 Å². The van der Waals surface area contributed by atoms with Gasteiger partial charge in [-0.3, -0.25) is 19.4 Å². The number of hydrogen-bond acceptors (Lipinski definition) is 3. The Morgan fingerprint density at radius 3 is 1.85 bits per heavy atom. The molecule has 0 spiro atoms. The molecule has 1 saturated heterocycles. The van der Waals surface area contributed by atoms with Gasteiger partial charge >= 0.3 is 6.03 Å². The first-order valence-electron chi connectivity index (χ1n) is 13.3. The van der Waals surface area contributed by atoms with E-state index in [1.807, 2.05) is 13.8 Å². The number of urea groups is 1. The van der Waals surface area contributed by atoms with Gasteiger partial charge in [0.1, 0.15) is 6.42 Å². The molecule has 0 N–H and O–H groups in total. The van der Waals surface area contributed by atoms with E-state index >= 15 is 0 Å². The van der Waals surface area contributed by atoms with E-state index in [1.54, 1.807) is 0 Å². The number of halogens is 4. The molecular weight excluding hydrogens is 512 g/mol. The highest BCUT2D eigenvalue weighted by Crippen LogP contribution is 2.51. The summed E-state index contributed by atoms with van der Waals surface area (Å²) >= 11 is 0. The third-order valence-corrected chi connectivity index (χ3v) is 6.53. The number of rotatable bonds is 8. The Kier molecular flexibility index (Phi) is 11.4. The molecular formula is C30H36F4N2O3. The van der Waals surface area contributed by atoms with Crippen molar-refractivity contribution in [3.05, 3.63) is 77.4 Å². The van der Waals surface area contributed by atoms with E-state index in [-0.39, 0.29) is 19.5 Å². The quantitative estimate of drug-likeness (QED) is 0.255. The van der Waals surface area contributed by atoms with Crippen LogP contribution < -0.4 is 0 Å². The largest absolute Gasteiger partial charge is 0.333 e. The van der Waals surface area contributed by atoms with Gasteiger partial charge in [0.25, 0.3) is 0 Å². The number of amides is 4. The van der Waals surface area contributed by atoms with Gasteiger partial charge in [-0.1, -0.05) is 52.8 Å². The number of nitrogens with zero attached hydrogens (tertiary/aromatic N) is 2. The summed E-state index contributed by atoms with van der Waals surface area (Å²) in [5.74, 6) is -5.19. The standard InChI is InChI=1S/C25H22F4N2O3.C3H8.C2H6/c1-15(16-2-4-18(26)20(28)12-16)6-10-30-22(32)14-23(33)31(24(30)34)11-9-25(7-8-25)17-3-5-19(27)21(29)13-17;1-3-2;1-2/h2-5,12-13H,1,6-11,14H2;3H2,1-2H3;1-2H3. The maximum Gasteiger partial charge on any atom is 0.333 e. The molecule has 0 aromatic heterocycles. The van der Waals surface area contributed by atoms with E-state index < -0.39 is 53.0 Å². The minimum Gasteiger partial charge on any atom is -0.274 e. The molecule has 1 aliphatic heterocycles. The van der Waals surface area contributed by atoms with Gasteiger partial charge in [-0.2, -0.15) is 0 Å². The second-order valence-corrected chi connectivity index (χ2v) is 9.40. The van der Waals surface area contributed by atoms with Crippen LogP contribution in [0, 0.1) is 23.3 Å². The Labute approximate surface area is 227 Å². The molecule has 2 fully saturated rings. The average Bonchev–Trinajstić information content (AvgIpc) is 3.69. The number of imide groups is 2. The van der Waals surface area contributed by atoms with Crippen LogP contribution >= 0.6 is 0 Å². The zero-order chi connectivity index (χ0) is 29.3. The smallest absolute Gasteiger partial charge is 0.274 e. The van der Waals surface area contributed by atoms with Crippen molar-refractivity contribution in [1.82, 2.24) is 9.80 Å². The van der Waals surface area contributed by atoms with E-state index in [0.717, 1.165) is 34.1 Å². The van der Waals surface area contributed by atoms with Crippen LogP contribution in [-0.2, 0) is 15.0 Å². The van der Waals surface area contributed by atoms with E-state index in [0.29, 0.717) is 36.0 Å². The average molecular weight is 549 g/mol. The molecule has 39 heavy (non-hydrogen) atoms. The second-order valence-electron chi connectivity index (χ2n) is 9.40. The highest BCUT2D eigenvalue weighted by atomic mass is 19.2. The van der Waals surface area contributed by atoms with Crippen molar-refractivity contribution in [3.8, 4) is 0 Å². The summed E-state index contributed by atoms with van der Waals surface area (Å²) in [5, 5.41) is 0. The maximum atomic E-state index is 13.7. The highest BCUT2D eigenvalue weighted by molar-refractivity contribution is 6.14. The molecule has 0 atom stereocenters. The minimum absolute atomic E-state index is 0.0323. The van der Waals surface area contributed by atoms with Crippen molar-refractivity contribution < 1.29 is 31.9 Å². The number of carbonyl (C=O) groups excluding carboxylic acids is 3. The van der Waals surface area contributed by atoms with Crippen LogP contribution in [0.25, 0.3) is 5.57 Å². The normalized spacial score (nSPS) is 15.7. The van der Waals surface area contributed by atoms with Gasteiger partial charge in [-0.05, 0) is 72.1 Å². The molecule has 2 aromatic rings. The Hall–Kier alpha value is -3.49. The second kappa shape index (κ2) is 14.1. The fourth-order valence-electron chi connectivity index (χ4n) is 4.21. The van der Waals surface area contributed by atoms with Crippen LogP contribution in [0.3, 0.4) is 0 Å². The van der Waals surface area contributed by atoms with E-state index in [1.165, 1.54) is 18.6 Å². The lowest BCUT2D eigenvalue weighted by molar-refractivity contribution is -0.142. The Morgan fingerprint density at radius 2 is 1.33 bits per heavy atom. The molecule has 9 heteroatoms. The van der Waals surface area contributed by atoms with Gasteiger partial charge in [-0.15, -0.1) is 0 Å². The first kappa shape index (κ1) is 31.7. The van der Waals surface area contributed by atoms with Crippen molar-refractivity contribution in [1.29, 1.82) is 0 Å². The zero-order valence-corrected chi connectivity index (χ0v) is 23.0. The van der Waals surface area contributed by atoms with Crippen molar-refractivity contribution >= 4 is 23.4 Å². The highest BCUT2D eigenvalue weighted by Gasteiger charge is 2.46. The fourth-order valence-corrected chi connectivity index (χ4v) is 4.21. The number of barbiturate groups is 1.